The zero-order chi connectivity index (χ0) is 16.7. The van der Waals surface area contributed by atoms with E-state index in [1.165, 1.54) is 12.1 Å². The first-order valence-corrected chi connectivity index (χ1v) is 8.49. The van der Waals surface area contributed by atoms with Crippen molar-refractivity contribution in [3.8, 4) is 0 Å². The summed E-state index contributed by atoms with van der Waals surface area (Å²) in [5.41, 5.74) is 0.946. The quantitative estimate of drug-likeness (QED) is 0.754. The van der Waals surface area contributed by atoms with Gasteiger partial charge < -0.3 is 15.7 Å². The molecule has 0 spiro atoms. The molecule has 0 unspecified atom stereocenters. The van der Waals surface area contributed by atoms with Crippen molar-refractivity contribution in [1.29, 1.82) is 0 Å². The van der Waals surface area contributed by atoms with Crippen LogP contribution in [0.4, 0.5) is 9.18 Å². The van der Waals surface area contributed by atoms with Crippen molar-refractivity contribution in [3.63, 3.8) is 0 Å². The Labute approximate surface area is 137 Å². The Kier molecular flexibility index (Phi) is 6.84. The molecule has 128 valence electrons. The van der Waals surface area contributed by atoms with Crippen LogP contribution in [0.5, 0.6) is 0 Å². The van der Waals surface area contributed by atoms with Crippen molar-refractivity contribution >= 4 is 6.03 Å². The lowest BCUT2D eigenvalue weighted by Crippen LogP contribution is -2.46. The van der Waals surface area contributed by atoms with Gasteiger partial charge in [-0.2, -0.15) is 0 Å². The Morgan fingerprint density at radius 3 is 2.74 bits per heavy atom. The number of hydrogen-bond donors (Lipinski definition) is 3. The van der Waals surface area contributed by atoms with Gasteiger partial charge in [0.15, 0.2) is 0 Å². The van der Waals surface area contributed by atoms with Crippen molar-refractivity contribution in [2.24, 2.45) is 5.92 Å². The van der Waals surface area contributed by atoms with Crippen molar-refractivity contribution in [1.82, 2.24) is 10.6 Å². The number of carbonyl (C=O) groups excluding carboxylic acids is 1. The van der Waals surface area contributed by atoms with Gasteiger partial charge in [0.05, 0.1) is 0 Å². The van der Waals surface area contributed by atoms with Crippen molar-refractivity contribution in [3.05, 3.63) is 35.6 Å². The van der Waals surface area contributed by atoms with Gasteiger partial charge in [0, 0.05) is 18.7 Å². The smallest absolute Gasteiger partial charge is 0.315 e. The third-order valence-corrected chi connectivity index (χ3v) is 4.57. The molecule has 1 aromatic rings. The summed E-state index contributed by atoms with van der Waals surface area (Å²) in [4.78, 5) is 12.0. The lowest BCUT2D eigenvalue weighted by Gasteiger charge is -2.28. The molecular weight excluding hydrogens is 295 g/mol. The molecule has 0 aliphatic heterocycles. The monoisotopic (exact) mass is 322 g/mol. The van der Waals surface area contributed by atoms with E-state index < -0.39 is 0 Å². The Morgan fingerprint density at radius 1 is 1.35 bits per heavy atom. The number of carbonyl (C=O) groups is 1. The highest BCUT2D eigenvalue weighted by molar-refractivity contribution is 5.74. The first-order chi connectivity index (χ1) is 11.1. The molecule has 0 aromatic heterocycles. The van der Waals surface area contributed by atoms with Gasteiger partial charge in [-0.05, 0) is 69.1 Å². The topological polar surface area (TPSA) is 61.4 Å². The largest absolute Gasteiger partial charge is 0.396 e. The number of hydrogen-bond acceptors (Lipinski definition) is 2. The minimum atomic E-state index is -0.223. The second-order valence-corrected chi connectivity index (χ2v) is 6.59. The lowest BCUT2D eigenvalue weighted by molar-refractivity contribution is 0.174. The molecule has 1 atom stereocenters. The van der Waals surface area contributed by atoms with E-state index in [1.54, 1.807) is 6.07 Å². The minimum Gasteiger partial charge on any atom is -0.396 e. The number of amides is 2. The van der Waals surface area contributed by atoms with Crippen molar-refractivity contribution in [2.75, 3.05) is 6.61 Å². The average Bonchev–Trinajstić information content (AvgIpc) is 2.53. The molecule has 0 radical (unpaired) electrons. The van der Waals surface area contributed by atoms with Crippen LogP contribution in [-0.4, -0.2) is 29.8 Å². The number of aliphatic hydroxyl groups is 1. The highest BCUT2D eigenvalue weighted by Crippen LogP contribution is 2.23. The number of urea groups is 1. The summed E-state index contributed by atoms with van der Waals surface area (Å²) >= 11 is 0. The van der Waals surface area contributed by atoms with E-state index in [9.17, 15) is 9.18 Å². The van der Waals surface area contributed by atoms with Crippen LogP contribution in [0.2, 0.25) is 0 Å². The maximum atomic E-state index is 13.1. The van der Waals surface area contributed by atoms with Gasteiger partial charge in [0.1, 0.15) is 5.82 Å². The number of benzene rings is 1. The average molecular weight is 322 g/mol. The summed E-state index contributed by atoms with van der Waals surface area (Å²) in [5, 5.41) is 15.1. The Balaban J connectivity index is 1.66. The molecule has 2 amide bonds. The Bertz CT molecular complexity index is 502. The van der Waals surface area contributed by atoms with E-state index in [4.69, 9.17) is 5.11 Å². The van der Waals surface area contributed by atoms with E-state index >= 15 is 0 Å². The van der Waals surface area contributed by atoms with Gasteiger partial charge in [-0.3, -0.25) is 0 Å². The number of aliphatic hydroxyl groups excluding tert-OH is 1. The van der Waals surface area contributed by atoms with Crippen LogP contribution < -0.4 is 10.6 Å². The van der Waals surface area contributed by atoms with Gasteiger partial charge in [-0.25, -0.2) is 9.18 Å². The molecule has 23 heavy (non-hydrogen) atoms. The summed E-state index contributed by atoms with van der Waals surface area (Å²) < 4.78 is 13.1. The molecule has 1 aliphatic carbocycles. The Morgan fingerprint density at radius 2 is 2.09 bits per heavy atom. The number of halogens is 1. The second-order valence-electron chi connectivity index (χ2n) is 6.59. The molecular formula is C18H27FN2O2. The standard InChI is InChI=1S/C18H27FN2O2/c1-13(5-6-14-3-2-4-16(19)11-14)20-18(23)21-17-9-7-15(12-22)8-10-17/h2-4,11,13,15,17,22H,5-10,12H2,1H3,(H2,20,21,23)/t13-,15?,17?/m1/s1. The summed E-state index contributed by atoms with van der Waals surface area (Å²) in [6, 6.07) is 6.67. The third-order valence-electron chi connectivity index (χ3n) is 4.57. The van der Waals surface area contributed by atoms with Crippen LogP contribution in [0.15, 0.2) is 24.3 Å². The SMILES string of the molecule is C[C@H](CCc1cccc(F)c1)NC(=O)NC1CCC(CO)CC1. The van der Waals surface area contributed by atoms with Crippen LogP contribution in [0.25, 0.3) is 0 Å². The maximum Gasteiger partial charge on any atom is 0.315 e. The van der Waals surface area contributed by atoms with Gasteiger partial charge in [0.25, 0.3) is 0 Å². The first kappa shape index (κ1) is 17.7. The molecule has 1 aromatic carbocycles. The first-order valence-electron chi connectivity index (χ1n) is 8.49. The predicted molar refractivity (Wildman–Crippen MR) is 88.7 cm³/mol. The van der Waals surface area contributed by atoms with Gasteiger partial charge >= 0.3 is 6.03 Å². The van der Waals surface area contributed by atoms with Crippen LogP contribution in [-0.2, 0) is 6.42 Å². The van der Waals surface area contributed by atoms with Gasteiger partial charge in [-0.15, -0.1) is 0 Å². The summed E-state index contributed by atoms with van der Waals surface area (Å²) in [6.45, 7) is 2.21. The zero-order valence-corrected chi connectivity index (χ0v) is 13.7. The normalized spacial score (nSPS) is 22.4. The highest BCUT2D eigenvalue weighted by Gasteiger charge is 2.22. The highest BCUT2D eigenvalue weighted by atomic mass is 19.1. The van der Waals surface area contributed by atoms with Crippen LogP contribution in [0.1, 0.15) is 44.6 Å². The van der Waals surface area contributed by atoms with Gasteiger partial charge in [-0.1, -0.05) is 12.1 Å². The number of rotatable bonds is 6. The third kappa shape index (κ3) is 6.18. The molecule has 0 saturated heterocycles. The van der Waals surface area contributed by atoms with Gasteiger partial charge in [0.2, 0.25) is 0 Å². The molecule has 3 N–H and O–H groups in total. The molecule has 1 saturated carbocycles. The fraction of sp³-hybridized carbons (Fsp3) is 0.611. The van der Waals surface area contributed by atoms with Crippen LogP contribution in [0, 0.1) is 11.7 Å². The van der Waals surface area contributed by atoms with Crippen molar-refractivity contribution < 1.29 is 14.3 Å². The van der Waals surface area contributed by atoms with Crippen LogP contribution in [0.3, 0.4) is 0 Å². The fourth-order valence-corrected chi connectivity index (χ4v) is 3.09. The molecule has 5 heteroatoms. The molecule has 1 fully saturated rings. The van der Waals surface area contributed by atoms with E-state index in [2.05, 4.69) is 10.6 Å². The number of nitrogens with one attached hydrogen (secondary N) is 2. The predicted octanol–water partition coefficient (Wildman–Crippen LogP) is 3.00. The summed E-state index contributed by atoms with van der Waals surface area (Å²) in [6.07, 6.45) is 5.30. The molecule has 1 aliphatic rings. The molecule has 0 bridgehead atoms. The molecule has 0 heterocycles. The van der Waals surface area contributed by atoms with Crippen molar-refractivity contribution in [2.45, 2.75) is 57.5 Å². The summed E-state index contributed by atoms with van der Waals surface area (Å²) in [7, 11) is 0. The van der Waals surface area contributed by atoms with E-state index in [0.29, 0.717) is 5.92 Å². The maximum absolute atomic E-state index is 13.1. The second kappa shape index (κ2) is 8.87. The Hall–Kier alpha value is -1.62. The zero-order valence-electron chi connectivity index (χ0n) is 13.7. The molecule has 2 rings (SSSR count). The fourth-order valence-electron chi connectivity index (χ4n) is 3.09. The molecule has 4 nitrogen and oxygen atoms in total. The van der Waals surface area contributed by atoms with E-state index in [0.717, 1.165) is 44.1 Å². The summed E-state index contributed by atoms with van der Waals surface area (Å²) in [5.74, 6) is 0.167. The number of aryl methyl sites for hydroxylation is 1. The van der Waals surface area contributed by atoms with Crippen LogP contribution >= 0.6 is 0 Å². The minimum absolute atomic E-state index is 0.0343. The van der Waals surface area contributed by atoms with E-state index in [1.807, 2.05) is 13.0 Å². The van der Waals surface area contributed by atoms with E-state index in [-0.39, 0.29) is 30.5 Å². The lowest BCUT2D eigenvalue weighted by atomic mass is 9.87.